The second-order valence-electron chi connectivity index (χ2n) is 4.43. The highest BCUT2D eigenvalue weighted by atomic mass is 16.4. The molecule has 3 amide bonds. The van der Waals surface area contributed by atoms with Gasteiger partial charge < -0.3 is 25.7 Å². The summed E-state index contributed by atoms with van der Waals surface area (Å²) in [5, 5.41) is 22.3. The number of hydrogen-bond donors (Lipinski definition) is 4. The van der Waals surface area contributed by atoms with E-state index in [2.05, 4.69) is 10.6 Å². The predicted octanol–water partition coefficient (Wildman–Crippen LogP) is -1.01. The molecule has 0 spiro atoms. The molecular formula is C11H21N3O5. The zero-order chi connectivity index (χ0) is 15.0. The molecule has 0 saturated heterocycles. The minimum atomic E-state index is -1.23. The lowest BCUT2D eigenvalue weighted by Crippen LogP contribution is -2.49. The van der Waals surface area contributed by atoms with Crippen LogP contribution in [0.15, 0.2) is 0 Å². The van der Waals surface area contributed by atoms with Crippen LogP contribution < -0.4 is 10.6 Å². The Morgan fingerprint density at radius 2 is 1.79 bits per heavy atom. The third-order valence-corrected chi connectivity index (χ3v) is 2.19. The normalized spacial score (nSPS) is 11.8. The van der Waals surface area contributed by atoms with E-state index in [4.69, 9.17) is 10.2 Å². The maximum absolute atomic E-state index is 11.6. The number of urea groups is 1. The number of rotatable bonds is 7. The van der Waals surface area contributed by atoms with Gasteiger partial charge in [-0.2, -0.15) is 0 Å². The molecule has 1 unspecified atom stereocenters. The number of carbonyl (C=O) groups is 3. The van der Waals surface area contributed by atoms with Gasteiger partial charge in [-0.25, -0.2) is 9.59 Å². The fourth-order valence-corrected chi connectivity index (χ4v) is 1.30. The summed E-state index contributed by atoms with van der Waals surface area (Å²) in [4.78, 5) is 34.9. The van der Waals surface area contributed by atoms with Gasteiger partial charge in [0.2, 0.25) is 5.91 Å². The van der Waals surface area contributed by atoms with Crippen molar-refractivity contribution < 1.29 is 24.6 Å². The standard InChI is InChI=1S/C11H21N3O5/c1-7(2)12-9(16)6-14(3)11(19)13-8(4-5-15)10(17)18/h7-8,15H,4-6H2,1-3H3,(H,12,16)(H,13,19)(H,17,18). The number of aliphatic hydroxyl groups is 1. The monoisotopic (exact) mass is 275 g/mol. The Labute approximate surface area is 111 Å². The van der Waals surface area contributed by atoms with Crippen LogP contribution in [0.3, 0.4) is 0 Å². The van der Waals surface area contributed by atoms with Crippen molar-refractivity contribution in [1.82, 2.24) is 15.5 Å². The number of aliphatic carboxylic acids is 1. The lowest BCUT2D eigenvalue weighted by Gasteiger charge is -2.21. The molecule has 110 valence electrons. The van der Waals surface area contributed by atoms with E-state index < -0.39 is 18.0 Å². The average Bonchev–Trinajstić information content (AvgIpc) is 2.26. The molecule has 19 heavy (non-hydrogen) atoms. The van der Waals surface area contributed by atoms with Gasteiger partial charge in [0.05, 0.1) is 0 Å². The summed E-state index contributed by atoms with van der Waals surface area (Å²) in [6, 6.07) is -1.89. The third kappa shape index (κ3) is 7.24. The highest BCUT2D eigenvalue weighted by molar-refractivity contribution is 5.86. The van der Waals surface area contributed by atoms with Crippen LogP contribution in [0.5, 0.6) is 0 Å². The molecule has 0 aromatic heterocycles. The van der Waals surface area contributed by atoms with Crippen molar-refractivity contribution in [2.75, 3.05) is 20.2 Å². The van der Waals surface area contributed by atoms with E-state index in [1.54, 1.807) is 13.8 Å². The fraction of sp³-hybridized carbons (Fsp3) is 0.727. The van der Waals surface area contributed by atoms with Crippen LogP contribution in [-0.2, 0) is 9.59 Å². The Morgan fingerprint density at radius 3 is 2.21 bits per heavy atom. The molecule has 0 heterocycles. The molecule has 0 aliphatic rings. The number of carboxylic acid groups (broad SMARTS) is 1. The van der Waals surface area contributed by atoms with Gasteiger partial charge in [-0.1, -0.05) is 0 Å². The Bertz CT molecular complexity index is 332. The van der Waals surface area contributed by atoms with Gasteiger partial charge >= 0.3 is 12.0 Å². The summed E-state index contributed by atoms with van der Waals surface area (Å²) >= 11 is 0. The summed E-state index contributed by atoms with van der Waals surface area (Å²) < 4.78 is 0. The largest absolute Gasteiger partial charge is 0.480 e. The number of aliphatic hydroxyl groups excluding tert-OH is 1. The molecule has 0 aliphatic heterocycles. The van der Waals surface area contributed by atoms with Crippen molar-refractivity contribution in [3.8, 4) is 0 Å². The average molecular weight is 275 g/mol. The Morgan fingerprint density at radius 1 is 1.21 bits per heavy atom. The van der Waals surface area contributed by atoms with Crippen LogP contribution in [0.25, 0.3) is 0 Å². The van der Waals surface area contributed by atoms with E-state index in [1.165, 1.54) is 7.05 Å². The summed E-state index contributed by atoms with van der Waals surface area (Å²) in [5.41, 5.74) is 0. The molecule has 0 aromatic carbocycles. The van der Waals surface area contributed by atoms with Gasteiger partial charge in [-0.15, -0.1) is 0 Å². The van der Waals surface area contributed by atoms with Crippen LogP contribution in [0.1, 0.15) is 20.3 Å². The molecule has 0 aromatic rings. The van der Waals surface area contributed by atoms with E-state index in [1.807, 2.05) is 0 Å². The van der Waals surface area contributed by atoms with Crippen molar-refractivity contribution >= 4 is 17.9 Å². The van der Waals surface area contributed by atoms with E-state index >= 15 is 0 Å². The first-order chi connectivity index (χ1) is 8.77. The van der Waals surface area contributed by atoms with E-state index in [-0.39, 0.29) is 31.5 Å². The SMILES string of the molecule is CC(C)NC(=O)CN(C)C(=O)NC(CCO)C(=O)O. The molecule has 0 radical (unpaired) electrons. The molecule has 8 heteroatoms. The lowest BCUT2D eigenvalue weighted by molar-refractivity contribution is -0.139. The number of amides is 3. The van der Waals surface area contributed by atoms with Gasteiger partial charge in [-0.3, -0.25) is 4.79 Å². The molecule has 4 N–H and O–H groups in total. The number of hydrogen-bond acceptors (Lipinski definition) is 4. The Balaban J connectivity index is 4.32. The Hall–Kier alpha value is -1.83. The summed E-state index contributed by atoms with van der Waals surface area (Å²) in [7, 11) is 1.38. The van der Waals surface area contributed by atoms with E-state index in [9.17, 15) is 14.4 Å². The van der Waals surface area contributed by atoms with Crippen LogP contribution in [-0.4, -0.2) is 65.3 Å². The van der Waals surface area contributed by atoms with E-state index in [0.717, 1.165) is 4.90 Å². The smallest absolute Gasteiger partial charge is 0.326 e. The van der Waals surface area contributed by atoms with E-state index in [0.29, 0.717) is 0 Å². The second-order valence-corrected chi connectivity index (χ2v) is 4.43. The Kier molecular flexibility index (Phi) is 7.50. The van der Waals surface area contributed by atoms with Crippen molar-refractivity contribution in [3.05, 3.63) is 0 Å². The molecule has 1 atom stereocenters. The number of nitrogens with zero attached hydrogens (tertiary/aromatic N) is 1. The number of carbonyl (C=O) groups excluding carboxylic acids is 2. The minimum absolute atomic E-state index is 0.0369. The molecule has 0 rings (SSSR count). The first kappa shape index (κ1) is 17.2. The summed E-state index contributed by atoms with van der Waals surface area (Å²) in [6.07, 6.45) is -0.0902. The highest BCUT2D eigenvalue weighted by Crippen LogP contribution is 1.94. The van der Waals surface area contributed by atoms with Gasteiger partial charge in [0.1, 0.15) is 12.6 Å². The lowest BCUT2D eigenvalue weighted by atomic mass is 10.2. The highest BCUT2D eigenvalue weighted by Gasteiger charge is 2.22. The molecule has 0 fully saturated rings. The number of likely N-dealkylation sites (N-methyl/N-ethyl adjacent to an activating group) is 1. The summed E-state index contributed by atoms with van der Waals surface area (Å²) in [6.45, 7) is 3.06. The molecule has 0 bridgehead atoms. The zero-order valence-corrected chi connectivity index (χ0v) is 11.3. The predicted molar refractivity (Wildman–Crippen MR) is 67.6 cm³/mol. The van der Waals surface area contributed by atoms with Gasteiger partial charge in [0.25, 0.3) is 0 Å². The van der Waals surface area contributed by atoms with Gasteiger partial charge in [0, 0.05) is 26.1 Å². The quantitative estimate of drug-likeness (QED) is 0.474. The molecule has 0 aliphatic carbocycles. The van der Waals surface area contributed by atoms with Crippen LogP contribution in [0.4, 0.5) is 4.79 Å². The maximum Gasteiger partial charge on any atom is 0.326 e. The minimum Gasteiger partial charge on any atom is -0.480 e. The van der Waals surface area contributed by atoms with Crippen LogP contribution in [0, 0.1) is 0 Å². The maximum atomic E-state index is 11.6. The first-order valence-corrected chi connectivity index (χ1v) is 5.92. The molecular weight excluding hydrogens is 254 g/mol. The van der Waals surface area contributed by atoms with Gasteiger partial charge in [-0.05, 0) is 13.8 Å². The number of carboxylic acids is 1. The summed E-state index contributed by atoms with van der Waals surface area (Å²) in [5.74, 6) is -1.57. The van der Waals surface area contributed by atoms with Crippen molar-refractivity contribution in [2.45, 2.75) is 32.4 Å². The molecule has 0 saturated carbocycles. The van der Waals surface area contributed by atoms with Crippen molar-refractivity contribution in [1.29, 1.82) is 0 Å². The van der Waals surface area contributed by atoms with Crippen LogP contribution in [0.2, 0.25) is 0 Å². The molecule has 8 nitrogen and oxygen atoms in total. The van der Waals surface area contributed by atoms with Crippen molar-refractivity contribution in [2.24, 2.45) is 0 Å². The van der Waals surface area contributed by atoms with Crippen LogP contribution >= 0.6 is 0 Å². The third-order valence-electron chi connectivity index (χ3n) is 2.19. The first-order valence-electron chi connectivity index (χ1n) is 5.92. The topological polar surface area (TPSA) is 119 Å². The fourth-order valence-electron chi connectivity index (χ4n) is 1.30. The number of nitrogens with one attached hydrogen (secondary N) is 2. The van der Waals surface area contributed by atoms with Gasteiger partial charge in [0.15, 0.2) is 0 Å². The van der Waals surface area contributed by atoms with Crippen molar-refractivity contribution in [3.63, 3.8) is 0 Å². The second kappa shape index (κ2) is 8.30. The zero-order valence-electron chi connectivity index (χ0n) is 11.3.